The highest BCUT2D eigenvalue weighted by Gasteiger charge is 2.28. The highest BCUT2D eigenvalue weighted by Crippen LogP contribution is 2.38. The predicted molar refractivity (Wildman–Crippen MR) is 142 cm³/mol. The summed E-state index contributed by atoms with van der Waals surface area (Å²) >= 11 is 1.36. The van der Waals surface area contributed by atoms with Crippen LogP contribution in [0, 0.1) is 5.92 Å². The van der Waals surface area contributed by atoms with Gasteiger partial charge in [-0.05, 0) is 68.5 Å². The first kappa shape index (κ1) is 25.3. The maximum Gasteiger partial charge on any atom is 0.251 e. The third-order valence-electron chi connectivity index (χ3n) is 5.35. The zero-order valence-electron chi connectivity index (χ0n) is 20.8. The largest absolute Gasteiger partial charge is 0.324 e. The van der Waals surface area contributed by atoms with Crippen LogP contribution in [0.1, 0.15) is 56.8 Å². The van der Waals surface area contributed by atoms with Gasteiger partial charge in [0.1, 0.15) is 10.3 Å². The summed E-state index contributed by atoms with van der Waals surface area (Å²) in [5, 5.41) is 0. The number of imidazole rings is 1. The Labute approximate surface area is 212 Å². The van der Waals surface area contributed by atoms with Gasteiger partial charge in [-0.25, -0.2) is 18.1 Å². The number of hydrogen-bond donors (Lipinski definition) is 1. The van der Waals surface area contributed by atoms with Crippen LogP contribution in [-0.4, -0.2) is 28.5 Å². The van der Waals surface area contributed by atoms with Crippen molar-refractivity contribution in [2.75, 3.05) is 0 Å². The van der Waals surface area contributed by atoms with Gasteiger partial charge in [-0.3, -0.25) is 4.98 Å². The van der Waals surface area contributed by atoms with Crippen LogP contribution in [0.25, 0.3) is 11.1 Å². The maximum atomic E-state index is 13.4. The van der Waals surface area contributed by atoms with E-state index in [9.17, 15) is 8.42 Å². The van der Waals surface area contributed by atoms with E-state index in [1.54, 1.807) is 18.7 Å². The topological polar surface area (TPSA) is 76.9 Å². The van der Waals surface area contributed by atoms with Crippen molar-refractivity contribution in [3.63, 3.8) is 0 Å². The van der Waals surface area contributed by atoms with E-state index in [2.05, 4.69) is 34.6 Å². The Morgan fingerprint density at radius 3 is 2.49 bits per heavy atom. The van der Waals surface area contributed by atoms with Crippen molar-refractivity contribution in [1.82, 2.24) is 19.3 Å². The van der Waals surface area contributed by atoms with Gasteiger partial charge in [0, 0.05) is 34.6 Å². The Bertz CT molecular complexity index is 1370. The van der Waals surface area contributed by atoms with Crippen LogP contribution in [0.5, 0.6) is 0 Å². The van der Waals surface area contributed by atoms with Gasteiger partial charge in [-0.2, -0.15) is 0 Å². The fourth-order valence-electron chi connectivity index (χ4n) is 4.11. The van der Waals surface area contributed by atoms with Crippen molar-refractivity contribution in [2.24, 2.45) is 5.92 Å². The molecule has 0 bridgehead atoms. The lowest BCUT2D eigenvalue weighted by Crippen LogP contribution is -2.40. The molecular formula is C27H32N4O2S2. The number of benzene rings is 1. The summed E-state index contributed by atoms with van der Waals surface area (Å²) < 4.78 is 32.1. The van der Waals surface area contributed by atoms with E-state index in [-0.39, 0.29) is 6.04 Å². The molecule has 1 atom stereocenters. The van der Waals surface area contributed by atoms with Crippen LogP contribution in [0.3, 0.4) is 0 Å². The first-order valence-corrected chi connectivity index (χ1v) is 14.0. The Morgan fingerprint density at radius 2 is 1.86 bits per heavy atom. The monoisotopic (exact) mass is 508 g/mol. The fraction of sp³-hybridized carbons (Fsp3) is 0.333. The molecule has 0 aliphatic carbocycles. The van der Waals surface area contributed by atoms with Crippen molar-refractivity contribution >= 4 is 21.4 Å². The zero-order chi connectivity index (χ0) is 25.2. The summed E-state index contributed by atoms with van der Waals surface area (Å²) in [6.07, 6.45) is 8.05. The van der Waals surface area contributed by atoms with Gasteiger partial charge in [0.05, 0.1) is 12.0 Å². The third kappa shape index (κ3) is 6.07. The summed E-state index contributed by atoms with van der Waals surface area (Å²) in [4.78, 5) is 9.89. The summed E-state index contributed by atoms with van der Waals surface area (Å²) in [7, 11) is -3.70. The minimum absolute atomic E-state index is 0.180. The van der Waals surface area contributed by atoms with E-state index in [4.69, 9.17) is 0 Å². The fourth-order valence-corrected chi connectivity index (χ4v) is 7.48. The number of thiophene rings is 1. The van der Waals surface area contributed by atoms with Gasteiger partial charge in [0.2, 0.25) is 0 Å². The first-order valence-electron chi connectivity index (χ1n) is 11.7. The molecule has 35 heavy (non-hydrogen) atoms. The van der Waals surface area contributed by atoms with Crippen LogP contribution in [0.4, 0.5) is 0 Å². The summed E-state index contributed by atoms with van der Waals surface area (Å²) in [5.41, 5.74) is 2.91. The molecule has 0 saturated carbocycles. The molecule has 0 spiro atoms. The molecule has 1 aromatic carbocycles. The molecule has 8 heteroatoms. The second-order valence-electron chi connectivity index (χ2n) is 10.2. The first-order chi connectivity index (χ1) is 16.5. The quantitative estimate of drug-likeness (QED) is 0.320. The highest BCUT2D eigenvalue weighted by molar-refractivity contribution is 7.91. The van der Waals surface area contributed by atoms with Crippen LogP contribution in [0.15, 0.2) is 77.7 Å². The zero-order valence-corrected chi connectivity index (χ0v) is 22.4. The molecule has 0 fully saturated rings. The lowest BCUT2D eigenvalue weighted by molar-refractivity contribution is 0.493. The van der Waals surface area contributed by atoms with E-state index in [1.165, 1.54) is 11.3 Å². The van der Waals surface area contributed by atoms with E-state index < -0.39 is 15.6 Å². The maximum absolute atomic E-state index is 13.4. The summed E-state index contributed by atoms with van der Waals surface area (Å²) in [6, 6.07) is 15.8. The molecule has 0 aliphatic heterocycles. The number of sulfonamides is 1. The predicted octanol–water partition coefficient (Wildman–Crippen LogP) is 5.92. The molecule has 4 aromatic rings. The Hall–Kier alpha value is -2.81. The third-order valence-corrected chi connectivity index (χ3v) is 8.80. The molecule has 6 nitrogen and oxygen atoms in total. The van der Waals surface area contributed by atoms with Crippen molar-refractivity contribution in [1.29, 1.82) is 0 Å². The van der Waals surface area contributed by atoms with Gasteiger partial charge in [0.25, 0.3) is 10.0 Å². The smallest absolute Gasteiger partial charge is 0.251 e. The lowest BCUT2D eigenvalue weighted by atomic mass is 9.98. The Balaban J connectivity index is 1.85. The number of nitrogens with one attached hydrogen (secondary N) is 1. The van der Waals surface area contributed by atoms with Crippen LogP contribution in [-0.2, 0) is 16.4 Å². The van der Waals surface area contributed by atoms with Gasteiger partial charge < -0.3 is 4.57 Å². The van der Waals surface area contributed by atoms with Crippen LogP contribution in [0.2, 0.25) is 0 Å². The second kappa shape index (κ2) is 10.0. The molecule has 1 N–H and O–H groups in total. The molecule has 0 saturated heterocycles. The Morgan fingerprint density at radius 1 is 1.06 bits per heavy atom. The molecule has 3 aromatic heterocycles. The molecular weight excluding hydrogens is 476 g/mol. The minimum Gasteiger partial charge on any atom is -0.324 e. The number of pyridine rings is 1. The SMILES string of the molecule is CC(C)Cc1cc(-c2cccc(C(c3ccccn3)n3ccnc3)c2)c(S(=O)(=O)NC(C)(C)C)s1. The Kier molecular flexibility index (Phi) is 7.26. The summed E-state index contributed by atoms with van der Waals surface area (Å²) in [5.74, 6) is 0.425. The van der Waals surface area contributed by atoms with Crippen LogP contribution < -0.4 is 4.72 Å². The van der Waals surface area contributed by atoms with Gasteiger partial charge in [-0.1, -0.05) is 38.1 Å². The molecule has 184 valence electrons. The number of nitrogens with zero attached hydrogens (tertiary/aromatic N) is 3. The van der Waals surface area contributed by atoms with Gasteiger partial charge in [0.15, 0.2) is 0 Å². The highest BCUT2D eigenvalue weighted by atomic mass is 32.2. The van der Waals surface area contributed by atoms with Gasteiger partial charge >= 0.3 is 0 Å². The van der Waals surface area contributed by atoms with E-state index in [0.29, 0.717) is 10.1 Å². The molecule has 0 amide bonds. The average Bonchev–Trinajstić information content (AvgIpc) is 3.44. The second-order valence-corrected chi connectivity index (χ2v) is 13.2. The number of rotatable bonds is 8. The minimum atomic E-state index is -3.70. The van der Waals surface area contributed by atoms with Crippen molar-refractivity contribution < 1.29 is 8.42 Å². The van der Waals surface area contributed by atoms with E-state index in [1.807, 2.05) is 74.0 Å². The molecule has 0 aliphatic rings. The average molecular weight is 509 g/mol. The molecule has 1 unspecified atom stereocenters. The molecule has 4 rings (SSSR count). The van der Waals surface area contributed by atoms with Crippen molar-refractivity contribution in [3.8, 4) is 11.1 Å². The standard InChI is InChI=1S/C27H32N4O2S2/c1-19(2)15-22-17-23(26(34-22)35(32,33)30-27(3,4)5)20-9-8-10-21(16-20)25(31-14-13-28-18-31)24-11-6-7-12-29-24/h6-14,16-19,25,30H,15H2,1-5H3. The lowest BCUT2D eigenvalue weighted by Gasteiger charge is -2.21. The number of hydrogen-bond acceptors (Lipinski definition) is 5. The number of aromatic nitrogens is 3. The van der Waals surface area contributed by atoms with Crippen LogP contribution >= 0.6 is 11.3 Å². The normalized spacial score (nSPS) is 13.3. The van der Waals surface area contributed by atoms with Gasteiger partial charge in [-0.15, -0.1) is 11.3 Å². The molecule has 0 radical (unpaired) electrons. The van der Waals surface area contributed by atoms with Crippen molar-refractivity contribution in [2.45, 2.75) is 56.8 Å². The molecule has 3 heterocycles. The summed E-state index contributed by atoms with van der Waals surface area (Å²) in [6.45, 7) is 9.86. The van der Waals surface area contributed by atoms with E-state index >= 15 is 0 Å². The van der Waals surface area contributed by atoms with Crippen molar-refractivity contribution in [3.05, 3.63) is 89.6 Å². The van der Waals surface area contributed by atoms with E-state index in [0.717, 1.165) is 33.7 Å².